The fourth-order valence-electron chi connectivity index (χ4n) is 3.73. The Morgan fingerprint density at radius 1 is 1.09 bits per heavy atom. The number of benzene rings is 2. The van der Waals surface area contributed by atoms with Gasteiger partial charge in [0.05, 0.1) is 48.1 Å². The van der Waals surface area contributed by atoms with Crippen molar-refractivity contribution in [2.75, 3.05) is 24.4 Å². The first-order valence-corrected chi connectivity index (χ1v) is 10.4. The molecule has 0 radical (unpaired) electrons. The molecule has 1 unspecified atom stereocenters. The minimum Gasteiger partial charge on any atom is -0.466 e. The van der Waals surface area contributed by atoms with E-state index >= 15 is 0 Å². The second-order valence-corrected chi connectivity index (χ2v) is 7.59. The molecule has 34 heavy (non-hydrogen) atoms. The predicted octanol–water partition coefficient (Wildman–Crippen LogP) is 3.20. The van der Waals surface area contributed by atoms with E-state index in [1.165, 1.54) is 24.0 Å². The van der Waals surface area contributed by atoms with E-state index in [0.717, 1.165) is 14.2 Å². The molecule has 0 aromatic heterocycles. The smallest absolute Gasteiger partial charge is 0.355 e. The average Bonchev–Trinajstić information content (AvgIpc) is 2.83. The van der Waals surface area contributed by atoms with Crippen LogP contribution in [0.15, 0.2) is 71.2 Å². The van der Waals surface area contributed by atoms with Crippen LogP contribution in [0.5, 0.6) is 0 Å². The number of nitriles is 1. The lowest BCUT2D eigenvalue weighted by atomic mass is 9.81. The molecular weight excluding hydrogens is 460 g/mol. The Hall–Kier alpha value is -4.29. The van der Waals surface area contributed by atoms with Crippen molar-refractivity contribution in [3.05, 3.63) is 81.8 Å². The molecule has 174 valence electrons. The number of esters is 2. The van der Waals surface area contributed by atoms with Gasteiger partial charge >= 0.3 is 11.9 Å². The lowest BCUT2D eigenvalue weighted by Crippen LogP contribution is -2.41. The summed E-state index contributed by atoms with van der Waals surface area (Å²) in [5, 5.41) is 12.8. The van der Waals surface area contributed by atoms with E-state index in [1.807, 2.05) is 0 Å². The third kappa shape index (κ3) is 4.44. The van der Waals surface area contributed by atoms with E-state index in [1.54, 1.807) is 36.4 Å². The minimum absolute atomic E-state index is 0.000231. The van der Waals surface area contributed by atoms with Gasteiger partial charge in [-0.05, 0) is 23.8 Å². The summed E-state index contributed by atoms with van der Waals surface area (Å²) in [6, 6.07) is 15.2. The molecule has 1 aliphatic rings. The minimum atomic E-state index is -0.999. The number of anilines is 2. The zero-order valence-corrected chi connectivity index (χ0v) is 19.3. The van der Waals surface area contributed by atoms with Crippen LogP contribution in [0.4, 0.5) is 11.4 Å². The molecule has 2 aromatic carbocycles. The maximum atomic E-state index is 13.1. The van der Waals surface area contributed by atoms with Crippen LogP contribution in [0.25, 0.3) is 0 Å². The Balaban J connectivity index is 2.41. The Morgan fingerprint density at radius 2 is 1.74 bits per heavy atom. The highest BCUT2D eigenvalue weighted by atomic mass is 35.5. The Kier molecular flexibility index (Phi) is 7.24. The second-order valence-electron chi connectivity index (χ2n) is 7.18. The number of ether oxygens (including phenoxy) is 2. The molecule has 0 saturated heterocycles. The van der Waals surface area contributed by atoms with E-state index in [0.29, 0.717) is 11.3 Å². The van der Waals surface area contributed by atoms with Crippen molar-refractivity contribution >= 4 is 40.8 Å². The summed E-state index contributed by atoms with van der Waals surface area (Å²) in [5.74, 6) is -3.22. The Morgan fingerprint density at radius 3 is 2.29 bits per heavy atom. The summed E-state index contributed by atoms with van der Waals surface area (Å²) in [5.41, 5.74) is 7.08. The van der Waals surface area contributed by atoms with Crippen molar-refractivity contribution in [2.45, 2.75) is 12.8 Å². The normalized spacial score (nSPS) is 15.5. The number of nitrogens with one attached hydrogen (secondary N) is 1. The largest absolute Gasteiger partial charge is 0.466 e. The van der Waals surface area contributed by atoms with Crippen LogP contribution in [-0.4, -0.2) is 32.1 Å². The monoisotopic (exact) mass is 480 g/mol. The van der Waals surface area contributed by atoms with E-state index in [-0.39, 0.29) is 39.3 Å². The van der Waals surface area contributed by atoms with Gasteiger partial charge in [-0.2, -0.15) is 5.26 Å². The molecule has 1 heterocycles. The summed E-state index contributed by atoms with van der Waals surface area (Å²) >= 11 is 6.44. The molecule has 0 aliphatic carbocycles. The average molecular weight is 481 g/mol. The zero-order chi connectivity index (χ0) is 25.0. The van der Waals surface area contributed by atoms with Gasteiger partial charge in [-0.3, -0.25) is 9.69 Å². The van der Waals surface area contributed by atoms with Gasteiger partial charge in [-0.25, -0.2) is 9.59 Å². The highest BCUT2D eigenvalue weighted by molar-refractivity contribution is 6.33. The van der Waals surface area contributed by atoms with E-state index in [2.05, 4.69) is 11.4 Å². The standard InChI is InChI=1S/C24H21ClN4O5/c1-13(30)28-15-9-10-17(25)18(11-15)29-21(24(32)34-3)20(23(31)33-2)19(16(12-26)22(29)27)14-7-5-4-6-8-14/h4-11,19H,27H2,1-3H3,(H,28,30). The molecule has 9 nitrogen and oxygen atoms in total. The molecule has 0 fully saturated rings. The van der Waals surface area contributed by atoms with Gasteiger partial charge in [0.1, 0.15) is 11.5 Å². The first-order chi connectivity index (χ1) is 16.2. The van der Waals surface area contributed by atoms with Gasteiger partial charge in [0.2, 0.25) is 5.91 Å². The number of nitrogens with zero attached hydrogens (tertiary/aromatic N) is 2. The van der Waals surface area contributed by atoms with Crippen LogP contribution in [0.1, 0.15) is 18.4 Å². The van der Waals surface area contributed by atoms with Crippen molar-refractivity contribution in [1.82, 2.24) is 0 Å². The Bertz CT molecular complexity index is 1260. The molecule has 0 spiro atoms. The van der Waals surface area contributed by atoms with Crippen LogP contribution in [0, 0.1) is 11.3 Å². The van der Waals surface area contributed by atoms with Crippen LogP contribution < -0.4 is 16.0 Å². The number of hydrogen-bond acceptors (Lipinski definition) is 8. The molecule has 1 aliphatic heterocycles. The number of rotatable bonds is 5. The third-order valence-electron chi connectivity index (χ3n) is 5.12. The summed E-state index contributed by atoms with van der Waals surface area (Å²) in [6.07, 6.45) is 0. The Labute approximate surface area is 201 Å². The van der Waals surface area contributed by atoms with Gasteiger partial charge in [0, 0.05) is 12.6 Å². The number of nitrogens with two attached hydrogens (primary N) is 1. The highest BCUT2D eigenvalue weighted by Gasteiger charge is 2.43. The van der Waals surface area contributed by atoms with Crippen LogP contribution in [-0.2, 0) is 23.9 Å². The predicted molar refractivity (Wildman–Crippen MR) is 125 cm³/mol. The first-order valence-electron chi connectivity index (χ1n) is 9.97. The summed E-state index contributed by atoms with van der Waals surface area (Å²) < 4.78 is 9.97. The van der Waals surface area contributed by atoms with Gasteiger partial charge in [-0.1, -0.05) is 41.9 Å². The maximum absolute atomic E-state index is 13.1. The van der Waals surface area contributed by atoms with Crippen molar-refractivity contribution in [1.29, 1.82) is 5.26 Å². The van der Waals surface area contributed by atoms with Gasteiger partial charge in [0.25, 0.3) is 0 Å². The lowest BCUT2D eigenvalue weighted by molar-refractivity contribution is -0.139. The van der Waals surface area contributed by atoms with Crippen LogP contribution in [0.2, 0.25) is 5.02 Å². The number of carbonyl (C=O) groups excluding carboxylic acids is 3. The van der Waals surface area contributed by atoms with Crippen molar-refractivity contribution in [2.24, 2.45) is 5.73 Å². The quantitative estimate of drug-likeness (QED) is 0.623. The first kappa shape index (κ1) is 24.4. The third-order valence-corrected chi connectivity index (χ3v) is 5.44. The number of allylic oxidation sites excluding steroid dienone is 1. The van der Waals surface area contributed by atoms with E-state index in [9.17, 15) is 19.6 Å². The number of hydrogen-bond donors (Lipinski definition) is 2. The summed E-state index contributed by atoms with van der Waals surface area (Å²) in [7, 11) is 2.31. The summed E-state index contributed by atoms with van der Waals surface area (Å²) in [6.45, 7) is 1.33. The van der Waals surface area contributed by atoms with Crippen molar-refractivity contribution < 1.29 is 23.9 Å². The fourth-order valence-corrected chi connectivity index (χ4v) is 3.93. The fraction of sp³-hybridized carbons (Fsp3) is 0.167. The molecule has 1 amide bonds. The number of amides is 1. The maximum Gasteiger partial charge on any atom is 0.355 e. The second kappa shape index (κ2) is 10.1. The molecule has 1 atom stereocenters. The SMILES string of the molecule is COC(=O)C1=C(C(=O)OC)N(c2cc(NC(C)=O)ccc2Cl)C(N)=C(C#N)C1c1ccccc1. The van der Waals surface area contributed by atoms with Crippen LogP contribution >= 0.6 is 11.6 Å². The van der Waals surface area contributed by atoms with Gasteiger partial charge < -0.3 is 20.5 Å². The van der Waals surface area contributed by atoms with E-state index < -0.39 is 17.9 Å². The number of halogens is 1. The zero-order valence-electron chi connectivity index (χ0n) is 18.6. The number of carbonyl (C=O) groups is 3. The van der Waals surface area contributed by atoms with Crippen molar-refractivity contribution in [3.8, 4) is 6.07 Å². The van der Waals surface area contributed by atoms with Gasteiger partial charge in [-0.15, -0.1) is 0 Å². The molecule has 2 aromatic rings. The van der Waals surface area contributed by atoms with Crippen molar-refractivity contribution in [3.63, 3.8) is 0 Å². The lowest BCUT2D eigenvalue weighted by Gasteiger charge is -2.36. The molecule has 10 heteroatoms. The van der Waals surface area contributed by atoms with Gasteiger partial charge in [0.15, 0.2) is 0 Å². The van der Waals surface area contributed by atoms with Crippen LogP contribution in [0.3, 0.4) is 0 Å². The summed E-state index contributed by atoms with van der Waals surface area (Å²) in [4.78, 5) is 38.9. The number of methoxy groups -OCH3 is 2. The molecular formula is C24H21ClN4O5. The molecule has 3 rings (SSSR count). The molecule has 3 N–H and O–H groups in total. The molecule has 0 bridgehead atoms. The molecule has 0 saturated carbocycles. The highest BCUT2D eigenvalue weighted by Crippen LogP contribution is 2.45. The topological polar surface area (TPSA) is 135 Å². The van der Waals surface area contributed by atoms with E-state index in [4.69, 9.17) is 26.8 Å².